The summed E-state index contributed by atoms with van der Waals surface area (Å²) in [6, 6.07) is 10.9. The smallest absolute Gasteiger partial charge is 0.274 e. The molecule has 3 heterocycles. The lowest BCUT2D eigenvalue weighted by Gasteiger charge is -2.33. The second-order valence-electron chi connectivity index (χ2n) is 9.88. The number of hydrogen-bond acceptors (Lipinski definition) is 7. The molecule has 6 rings (SSSR count). The Labute approximate surface area is 212 Å². The minimum Gasteiger partial charge on any atom is -0.457 e. The fourth-order valence-electron chi connectivity index (χ4n) is 4.74. The summed E-state index contributed by atoms with van der Waals surface area (Å²) in [5.41, 5.74) is 3.12. The summed E-state index contributed by atoms with van der Waals surface area (Å²) >= 11 is 0. The highest BCUT2D eigenvalue weighted by atomic mass is 16.5. The first-order chi connectivity index (χ1) is 17.8. The molecule has 2 saturated carbocycles. The van der Waals surface area contributed by atoms with Gasteiger partial charge in [0.2, 0.25) is 11.9 Å². The van der Waals surface area contributed by atoms with E-state index in [4.69, 9.17) is 9.72 Å². The van der Waals surface area contributed by atoms with E-state index < -0.39 is 0 Å². The number of nitrogens with one attached hydrogen (secondary N) is 2. The van der Waals surface area contributed by atoms with Crippen molar-refractivity contribution in [2.75, 3.05) is 10.6 Å². The van der Waals surface area contributed by atoms with Gasteiger partial charge in [0.15, 0.2) is 0 Å². The van der Waals surface area contributed by atoms with Crippen molar-refractivity contribution in [3.8, 4) is 11.5 Å². The predicted molar refractivity (Wildman–Crippen MR) is 140 cm³/mol. The van der Waals surface area contributed by atoms with Crippen molar-refractivity contribution in [1.82, 2.24) is 19.1 Å². The number of rotatable bonds is 7. The van der Waals surface area contributed by atoms with Gasteiger partial charge in [0, 0.05) is 44.5 Å². The molecule has 1 aromatic carbocycles. The number of benzene rings is 1. The SMILES string of the molecule is CC(=O)Nc1cc(Oc2ccc3nc(Nc4cc(C5CC5)cn(C5CC(O)C5)c4=O)n(C)c3c2)ccn1. The van der Waals surface area contributed by atoms with Gasteiger partial charge in [-0.05, 0) is 61.4 Å². The summed E-state index contributed by atoms with van der Waals surface area (Å²) in [7, 11) is 1.88. The maximum absolute atomic E-state index is 13.3. The molecule has 2 fully saturated rings. The standard InChI is InChI=1S/C27H28N6O4/c1-15(34)29-25-13-21(7-8-28-25)37-20-5-6-22-24(12-20)32(2)27(30-22)31-23-9-17(16-3-4-16)14-33(26(23)36)18-10-19(35)11-18/h5-9,12-14,16,18-19,35H,3-4,10-11H2,1-2H3,(H,30,31)(H,28,29,34). The van der Waals surface area contributed by atoms with E-state index in [0.29, 0.717) is 47.7 Å². The molecule has 0 unspecified atom stereocenters. The van der Waals surface area contributed by atoms with Gasteiger partial charge in [-0.3, -0.25) is 9.59 Å². The summed E-state index contributed by atoms with van der Waals surface area (Å²) in [5, 5.41) is 15.7. The lowest BCUT2D eigenvalue weighted by Crippen LogP contribution is -2.37. The quantitative estimate of drug-likeness (QED) is 0.348. The highest BCUT2D eigenvalue weighted by Gasteiger charge is 2.32. The number of fused-ring (bicyclic) bond motifs is 1. The van der Waals surface area contributed by atoms with Crippen LogP contribution in [0.3, 0.4) is 0 Å². The van der Waals surface area contributed by atoms with E-state index in [1.54, 1.807) is 22.9 Å². The number of amides is 1. The van der Waals surface area contributed by atoms with Crippen molar-refractivity contribution in [2.45, 2.75) is 50.7 Å². The number of aromatic nitrogens is 4. The predicted octanol–water partition coefficient (Wildman–Crippen LogP) is 4.20. The van der Waals surface area contributed by atoms with Crippen molar-refractivity contribution in [3.05, 3.63) is 64.7 Å². The molecule has 3 aromatic heterocycles. The van der Waals surface area contributed by atoms with Crippen LogP contribution >= 0.6 is 0 Å². The highest BCUT2D eigenvalue weighted by Crippen LogP contribution is 2.41. The molecule has 1 amide bonds. The van der Waals surface area contributed by atoms with Gasteiger partial charge < -0.3 is 29.6 Å². The molecule has 4 aromatic rings. The molecule has 10 heteroatoms. The van der Waals surface area contributed by atoms with Crippen molar-refractivity contribution in [2.24, 2.45) is 7.05 Å². The third-order valence-electron chi connectivity index (χ3n) is 6.96. The third-order valence-corrected chi connectivity index (χ3v) is 6.96. The molecule has 2 aliphatic rings. The maximum Gasteiger partial charge on any atom is 0.274 e. The van der Waals surface area contributed by atoms with Crippen LogP contribution in [0.5, 0.6) is 11.5 Å². The van der Waals surface area contributed by atoms with Gasteiger partial charge in [-0.2, -0.15) is 0 Å². The summed E-state index contributed by atoms with van der Waals surface area (Å²) in [5.74, 6) is 2.38. The van der Waals surface area contributed by atoms with Crippen molar-refractivity contribution in [1.29, 1.82) is 0 Å². The van der Waals surface area contributed by atoms with Crippen LogP contribution < -0.4 is 20.9 Å². The normalized spacial score (nSPS) is 18.9. The Morgan fingerprint density at radius 1 is 1.14 bits per heavy atom. The summed E-state index contributed by atoms with van der Waals surface area (Å²) in [6.07, 6.45) is 6.67. The van der Waals surface area contributed by atoms with Crippen LogP contribution in [-0.2, 0) is 11.8 Å². The average molecular weight is 501 g/mol. The van der Waals surface area contributed by atoms with Crippen LogP contribution in [0.15, 0.2) is 53.6 Å². The van der Waals surface area contributed by atoms with E-state index >= 15 is 0 Å². The molecule has 37 heavy (non-hydrogen) atoms. The monoisotopic (exact) mass is 500 g/mol. The Morgan fingerprint density at radius 3 is 2.65 bits per heavy atom. The first-order valence-electron chi connectivity index (χ1n) is 12.4. The third kappa shape index (κ3) is 4.67. The van der Waals surface area contributed by atoms with Crippen LogP contribution in [0, 0.1) is 0 Å². The highest BCUT2D eigenvalue weighted by molar-refractivity contribution is 5.87. The van der Waals surface area contributed by atoms with Crippen LogP contribution in [0.25, 0.3) is 11.0 Å². The van der Waals surface area contributed by atoms with E-state index in [1.807, 2.05) is 42.1 Å². The Bertz CT molecular complexity index is 1570. The molecular formula is C27H28N6O4. The molecule has 0 spiro atoms. The molecule has 0 saturated heterocycles. The Morgan fingerprint density at radius 2 is 1.92 bits per heavy atom. The van der Waals surface area contributed by atoms with Crippen LogP contribution in [0.4, 0.5) is 17.5 Å². The lowest BCUT2D eigenvalue weighted by molar-refractivity contribution is -0.114. The van der Waals surface area contributed by atoms with Crippen molar-refractivity contribution < 1.29 is 14.6 Å². The summed E-state index contributed by atoms with van der Waals surface area (Å²) in [4.78, 5) is 33.5. The van der Waals surface area contributed by atoms with Gasteiger partial charge in [-0.25, -0.2) is 9.97 Å². The number of carbonyl (C=O) groups excluding carboxylic acids is 1. The topological polar surface area (TPSA) is 123 Å². The number of imidazole rings is 1. The van der Waals surface area contributed by atoms with Crippen LogP contribution in [0.2, 0.25) is 0 Å². The molecule has 2 aliphatic carbocycles. The minimum atomic E-state index is -0.335. The number of anilines is 3. The molecule has 0 aliphatic heterocycles. The van der Waals surface area contributed by atoms with Gasteiger partial charge in [0.05, 0.1) is 17.1 Å². The fourth-order valence-corrected chi connectivity index (χ4v) is 4.74. The number of aryl methyl sites for hydroxylation is 1. The van der Waals surface area contributed by atoms with E-state index in [0.717, 1.165) is 29.4 Å². The molecule has 0 atom stereocenters. The van der Waals surface area contributed by atoms with Gasteiger partial charge >= 0.3 is 0 Å². The first kappa shape index (κ1) is 23.2. The van der Waals surface area contributed by atoms with Crippen LogP contribution in [0.1, 0.15) is 50.1 Å². The molecule has 3 N–H and O–H groups in total. The molecule has 190 valence electrons. The van der Waals surface area contributed by atoms with Gasteiger partial charge in [0.25, 0.3) is 5.56 Å². The number of carbonyl (C=O) groups is 1. The second-order valence-corrected chi connectivity index (χ2v) is 9.88. The zero-order valence-corrected chi connectivity index (χ0v) is 20.6. The number of nitrogens with zero attached hydrogens (tertiary/aromatic N) is 4. The van der Waals surface area contributed by atoms with Gasteiger partial charge in [-0.1, -0.05) is 0 Å². The Hall–Kier alpha value is -4.18. The Balaban J connectivity index is 1.29. The molecule has 10 nitrogen and oxygen atoms in total. The maximum atomic E-state index is 13.3. The van der Waals surface area contributed by atoms with Gasteiger partial charge in [-0.15, -0.1) is 0 Å². The van der Waals surface area contributed by atoms with Crippen LogP contribution in [-0.4, -0.2) is 36.2 Å². The number of pyridine rings is 2. The average Bonchev–Trinajstić information content (AvgIpc) is 3.64. The second kappa shape index (κ2) is 9.04. The molecule has 0 radical (unpaired) electrons. The molecule has 0 bridgehead atoms. The zero-order chi connectivity index (χ0) is 25.7. The fraction of sp³-hybridized carbons (Fsp3) is 0.333. The summed E-state index contributed by atoms with van der Waals surface area (Å²) in [6.45, 7) is 1.42. The number of aliphatic hydroxyl groups is 1. The van der Waals surface area contributed by atoms with E-state index in [2.05, 4.69) is 15.6 Å². The first-order valence-corrected chi connectivity index (χ1v) is 12.4. The van der Waals surface area contributed by atoms with E-state index in [1.165, 1.54) is 6.92 Å². The van der Waals surface area contributed by atoms with E-state index in [-0.39, 0.29) is 23.6 Å². The number of aliphatic hydroxyl groups excluding tert-OH is 1. The summed E-state index contributed by atoms with van der Waals surface area (Å²) < 4.78 is 9.67. The van der Waals surface area contributed by atoms with Crippen molar-refractivity contribution in [3.63, 3.8) is 0 Å². The van der Waals surface area contributed by atoms with Gasteiger partial charge in [0.1, 0.15) is 23.0 Å². The minimum absolute atomic E-state index is 0.0289. The lowest BCUT2D eigenvalue weighted by atomic mass is 9.89. The Kier molecular flexibility index (Phi) is 5.68. The molecular weight excluding hydrogens is 472 g/mol. The number of ether oxygens (including phenoxy) is 1. The van der Waals surface area contributed by atoms with E-state index in [9.17, 15) is 14.7 Å². The van der Waals surface area contributed by atoms with Crippen molar-refractivity contribution >= 4 is 34.4 Å². The largest absolute Gasteiger partial charge is 0.457 e. The zero-order valence-electron chi connectivity index (χ0n) is 20.6. The number of hydrogen-bond donors (Lipinski definition) is 3.